The smallest absolute Gasteiger partial charge is 0.258 e. The van der Waals surface area contributed by atoms with Gasteiger partial charge in [0, 0.05) is 28.2 Å². The van der Waals surface area contributed by atoms with Crippen LogP contribution in [0, 0.1) is 9.65 Å². The standard InChI is InChI=1S/C9H6FIN2O2/c1-14-7-3-2-5(4-6(7)10)8-12-9(11)13-15-8/h2-4H,1H3. The van der Waals surface area contributed by atoms with Gasteiger partial charge in [-0.15, -0.1) is 0 Å². The van der Waals surface area contributed by atoms with E-state index < -0.39 is 5.82 Å². The molecular weight excluding hydrogens is 314 g/mol. The predicted octanol–water partition coefficient (Wildman–Crippen LogP) is 2.49. The third-order valence-electron chi connectivity index (χ3n) is 1.80. The number of methoxy groups -OCH3 is 1. The van der Waals surface area contributed by atoms with Gasteiger partial charge in [-0.3, -0.25) is 0 Å². The Kier molecular flexibility index (Phi) is 2.85. The van der Waals surface area contributed by atoms with E-state index in [4.69, 9.17) is 9.26 Å². The molecule has 1 aromatic carbocycles. The molecule has 0 spiro atoms. The molecule has 6 heteroatoms. The van der Waals surface area contributed by atoms with Gasteiger partial charge in [-0.1, -0.05) is 5.16 Å². The van der Waals surface area contributed by atoms with Crippen LogP contribution in [0.4, 0.5) is 4.39 Å². The van der Waals surface area contributed by atoms with E-state index in [9.17, 15) is 4.39 Å². The van der Waals surface area contributed by atoms with Gasteiger partial charge in [0.2, 0.25) is 3.83 Å². The van der Waals surface area contributed by atoms with Crippen molar-refractivity contribution in [1.29, 1.82) is 0 Å². The summed E-state index contributed by atoms with van der Waals surface area (Å²) in [6, 6.07) is 4.47. The Morgan fingerprint density at radius 1 is 1.47 bits per heavy atom. The highest BCUT2D eigenvalue weighted by Crippen LogP contribution is 2.24. The Morgan fingerprint density at radius 2 is 2.27 bits per heavy atom. The lowest BCUT2D eigenvalue weighted by atomic mass is 10.2. The van der Waals surface area contributed by atoms with Crippen LogP contribution in [0.15, 0.2) is 22.7 Å². The van der Waals surface area contributed by atoms with Crippen LogP contribution in [-0.4, -0.2) is 17.3 Å². The number of halogens is 2. The summed E-state index contributed by atoms with van der Waals surface area (Å²) in [4.78, 5) is 3.98. The van der Waals surface area contributed by atoms with E-state index in [0.29, 0.717) is 15.3 Å². The van der Waals surface area contributed by atoms with Crippen LogP contribution in [-0.2, 0) is 0 Å². The quantitative estimate of drug-likeness (QED) is 0.798. The Labute approximate surface area is 98.6 Å². The summed E-state index contributed by atoms with van der Waals surface area (Å²) in [5.74, 6) is 0.0251. The molecular formula is C9H6FIN2O2. The molecule has 0 amide bonds. The van der Waals surface area contributed by atoms with Crippen LogP contribution in [0.3, 0.4) is 0 Å². The average Bonchev–Trinajstić information content (AvgIpc) is 2.65. The molecule has 2 aromatic rings. The van der Waals surface area contributed by atoms with Gasteiger partial charge in [-0.05, 0) is 18.2 Å². The topological polar surface area (TPSA) is 48.2 Å². The van der Waals surface area contributed by atoms with Crippen LogP contribution in [0.1, 0.15) is 0 Å². The van der Waals surface area contributed by atoms with Crippen LogP contribution < -0.4 is 4.74 Å². The fourth-order valence-electron chi connectivity index (χ4n) is 1.12. The maximum Gasteiger partial charge on any atom is 0.258 e. The molecule has 2 rings (SSSR count). The van der Waals surface area contributed by atoms with E-state index in [1.54, 1.807) is 6.07 Å². The summed E-state index contributed by atoms with van der Waals surface area (Å²) >= 11 is 1.92. The summed E-state index contributed by atoms with van der Waals surface area (Å²) in [5, 5.41) is 3.61. The second-order valence-corrected chi connectivity index (χ2v) is 3.68. The van der Waals surface area contributed by atoms with Gasteiger partial charge in [0.15, 0.2) is 11.6 Å². The van der Waals surface area contributed by atoms with Gasteiger partial charge >= 0.3 is 0 Å². The lowest BCUT2D eigenvalue weighted by Gasteiger charge is -2.01. The van der Waals surface area contributed by atoms with Gasteiger partial charge in [0.05, 0.1) is 7.11 Å². The van der Waals surface area contributed by atoms with E-state index in [2.05, 4.69) is 10.1 Å². The monoisotopic (exact) mass is 320 g/mol. The molecule has 0 atom stereocenters. The summed E-state index contributed by atoms with van der Waals surface area (Å²) in [5.41, 5.74) is 0.531. The molecule has 1 aromatic heterocycles. The highest BCUT2D eigenvalue weighted by atomic mass is 127. The first-order valence-corrected chi connectivity index (χ1v) is 5.11. The van der Waals surface area contributed by atoms with Crippen molar-refractivity contribution in [2.45, 2.75) is 0 Å². The molecule has 4 nitrogen and oxygen atoms in total. The fourth-order valence-corrected chi connectivity index (χ4v) is 1.44. The normalized spacial score (nSPS) is 10.3. The van der Waals surface area contributed by atoms with Gasteiger partial charge in [-0.2, -0.15) is 4.98 Å². The number of benzene rings is 1. The summed E-state index contributed by atoms with van der Waals surface area (Å²) < 4.78 is 23.5. The molecule has 15 heavy (non-hydrogen) atoms. The minimum absolute atomic E-state index is 0.188. The third-order valence-corrected chi connectivity index (χ3v) is 2.24. The molecule has 0 aliphatic rings. The van der Waals surface area contributed by atoms with Crippen molar-refractivity contribution in [2.75, 3.05) is 7.11 Å². The molecule has 0 aliphatic heterocycles. The van der Waals surface area contributed by atoms with Crippen molar-refractivity contribution in [2.24, 2.45) is 0 Å². The number of ether oxygens (including phenoxy) is 1. The number of rotatable bonds is 2. The van der Waals surface area contributed by atoms with E-state index in [-0.39, 0.29) is 5.75 Å². The van der Waals surface area contributed by atoms with Gasteiger partial charge in [0.1, 0.15) is 0 Å². The van der Waals surface area contributed by atoms with Crippen molar-refractivity contribution in [1.82, 2.24) is 10.1 Å². The van der Waals surface area contributed by atoms with Crippen molar-refractivity contribution in [3.63, 3.8) is 0 Å². The minimum atomic E-state index is -0.455. The van der Waals surface area contributed by atoms with Crippen LogP contribution in [0.25, 0.3) is 11.5 Å². The van der Waals surface area contributed by atoms with Gasteiger partial charge < -0.3 is 9.26 Å². The minimum Gasteiger partial charge on any atom is -0.494 e. The molecule has 0 aliphatic carbocycles. The molecule has 0 fully saturated rings. The molecule has 0 saturated carbocycles. The molecule has 0 saturated heterocycles. The SMILES string of the molecule is COc1ccc(-c2nc(I)no2)cc1F. The number of hydrogen-bond acceptors (Lipinski definition) is 4. The van der Waals surface area contributed by atoms with Gasteiger partial charge in [0.25, 0.3) is 5.89 Å². The molecule has 0 unspecified atom stereocenters. The van der Waals surface area contributed by atoms with Crippen molar-refractivity contribution in [3.8, 4) is 17.2 Å². The van der Waals surface area contributed by atoms with Crippen LogP contribution in [0.2, 0.25) is 0 Å². The molecule has 1 heterocycles. The largest absolute Gasteiger partial charge is 0.494 e. The Morgan fingerprint density at radius 3 is 2.80 bits per heavy atom. The lowest BCUT2D eigenvalue weighted by Crippen LogP contribution is -1.88. The Balaban J connectivity index is 2.42. The predicted molar refractivity (Wildman–Crippen MR) is 59.0 cm³/mol. The summed E-state index contributed by atoms with van der Waals surface area (Å²) in [6.45, 7) is 0. The molecule has 0 N–H and O–H groups in total. The maximum atomic E-state index is 13.3. The summed E-state index contributed by atoms with van der Waals surface area (Å²) in [7, 11) is 1.41. The van der Waals surface area contributed by atoms with Crippen molar-refractivity contribution >= 4 is 22.6 Å². The zero-order chi connectivity index (χ0) is 10.8. The third kappa shape index (κ3) is 2.09. The molecule has 0 bridgehead atoms. The Bertz CT molecular complexity index is 487. The van der Waals surface area contributed by atoms with E-state index in [1.165, 1.54) is 19.2 Å². The van der Waals surface area contributed by atoms with Crippen LogP contribution >= 0.6 is 22.6 Å². The van der Waals surface area contributed by atoms with Gasteiger partial charge in [-0.25, -0.2) is 4.39 Å². The first kappa shape index (κ1) is 10.3. The highest BCUT2D eigenvalue weighted by Gasteiger charge is 2.10. The highest BCUT2D eigenvalue weighted by molar-refractivity contribution is 14.1. The lowest BCUT2D eigenvalue weighted by molar-refractivity contribution is 0.386. The first-order chi connectivity index (χ1) is 7.20. The van der Waals surface area contributed by atoms with E-state index in [0.717, 1.165) is 0 Å². The zero-order valence-electron chi connectivity index (χ0n) is 7.70. The molecule has 0 radical (unpaired) electrons. The fraction of sp³-hybridized carbons (Fsp3) is 0.111. The van der Waals surface area contributed by atoms with Crippen molar-refractivity contribution < 1.29 is 13.7 Å². The number of aromatic nitrogens is 2. The van der Waals surface area contributed by atoms with E-state index in [1.807, 2.05) is 22.6 Å². The zero-order valence-corrected chi connectivity index (χ0v) is 9.86. The second kappa shape index (κ2) is 4.13. The van der Waals surface area contributed by atoms with E-state index >= 15 is 0 Å². The maximum absolute atomic E-state index is 13.3. The first-order valence-electron chi connectivity index (χ1n) is 4.04. The molecule has 78 valence electrons. The van der Waals surface area contributed by atoms with Crippen LogP contribution in [0.5, 0.6) is 5.75 Å². The summed E-state index contributed by atoms with van der Waals surface area (Å²) in [6.07, 6.45) is 0. The second-order valence-electron chi connectivity index (χ2n) is 2.72. The Hall–Kier alpha value is -1.18. The number of hydrogen-bond donors (Lipinski definition) is 0. The number of nitrogens with zero attached hydrogens (tertiary/aromatic N) is 2. The van der Waals surface area contributed by atoms with Crippen molar-refractivity contribution in [3.05, 3.63) is 27.8 Å². The average molecular weight is 320 g/mol.